The highest BCUT2D eigenvalue weighted by Gasteiger charge is 2.40. The van der Waals surface area contributed by atoms with Gasteiger partial charge in [0.25, 0.3) is 0 Å². The first-order valence-electron chi connectivity index (χ1n) is 8.88. The molecule has 0 aliphatic carbocycles. The lowest BCUT2D eigenvalue weighted by molar-refractivity contribution is -0.148. The van der Waals surface area contributed by atoms with Crippen molar-refractivity contribution in [3.8, 4) is 23.3 Å². The van der Waals surface area contributed by atoms with Crippen LogP contribution in [0.3, 0.4) is 0 Å². The molecule has 0 N–H and O–H groups in total. The predicted octanol–water partition coefficient (Wildman–Crippen LogP) is 3.92. The molecule has 1 aromatic carbocycles. The van der Waals surface area contributed by atoms with Crippen LogP contribution in [0, 0.1) is 17.2 Å². The van der Waals surface area contributed by atoms with Crippen LogP contribution in [-0.2, 0) is 14.9 Å². The average Bonchev–Trinajstić information content (AvgIpc) is 2.64. The number of nitriles is 1. The summed E-state index contributed by atoms with van der Waals surface area (Å²) in [5, 5.41) is 10.2. The zero-order chi connectivity index (χ0) is 19.7. The summed E-state index contributed by atoms with van der Waals surface area (Å²) in [4.78, 5) is 0. The molecular weight excluding hydrogens is 334 g/mol. The van der Waals surface area contributed by atoms with Crippen LogP contribution in [0.2, 0.25) is 0 Å². The quantitative estimate of drug-likeness (QED) is 0.554. The van der Waals surface area contributed by atoms with Crippen molar-refractivity contribution in [3.63, 3.8) is 0 Å². The van der Waals surface area contributed by atoms with Crippen molar-refractivity contribution < 1.29 is 23.7 Å². The molecule has 6 nitrogen and oxygen atoms in total. The van der Waals surface area contributed by atoms with Gasteiger partial charge in [-0.1, -0.05) is 13.8 Å². The van der Waals surface area contributed by atoms with E-state index in [0.717, 1.165) is 5.56 Å². The van der Waals surface area contributed by atoms with E-state index in [1.54, 1.807) is 21.3 Å². The lowest BCUT2D eigenvalue weighted by Gasteiger charge is -2.35. The molecule has 0 radical (unpaired) electrons. The summed E-state index contributed by atoms with van der Waals surface area (Å²) in [7, 11) is 4.68. The van der Waals surface area contributed by atoms with Crippen molar-refractivity contribution >= 4 is 0 Å². The second kappa shape index (κ2) is 10.2. The van der Waals surface area contributed by atoms with Gasteiger partial charge in [-0.25, -0.2) is 0 Å². The summed E-state index contributed by atoms with van der Waals surface area (Å²) in [5.74, 6) is 1.55. The van der Waals surface area contributed by atoms with E-state index in [1.807, 2.05) is 39.8 Å². The Morgan fingerprint density at radius 1 is 0.962 bits per heavy atom. The molecular formula is C20H31NO5. The first-order valence-corrected chi connectivity index (χ1v) is 8.88. The average molecular weight is 365 g/mol. The van der Waals surface area contributed by atoms with Gasteiger partial charge in [-0.2, -0.15) is 5.26 Å². The Labute approximate surface area is 157 Å². The molecule has 1 atom stereocenters. The molecule has 0 heterocycles. The van der Waals surface area contributed by atoms with E-state index < -0.39 is 11.7 Å². The molecule has 0 aromatic heterocycles. The number of hydrogen-bond acceptors (Lipinski definition) is 6. The van der Waals surface area contributed by atoms with Crippen molar-refractivity contribution in [1.82, 2.24) is 0 Å². The molecule has 1 rings (SSSR count). The van der Waals surface area contributed by atoms with Crippen molar-refractivity contribution in [3.05, 3.63) is 17.7 Å². The van der Waals surface area contributed by atoms with Crippen LogP contribution in [0.15, 0.2) is 12.1 Å². The fourth-order valence-corrected chi connectivity index (χ4v) is 3.07. The van der Waals surface area contributed by atoms with Crippen LogP contribution in [0.4, 0.5) is 0 Å². The van der Waals surface area contributed by atoms with Crippen LogP contribution in [0.1, 0.15) is 39.7 Å². The summed E-state index contributed by atoms with van der Waals surface area (Å²) in [6, 6.07) is 6.17. The van der Waals surface area contributed by atoms with Crippen molar-refractivity contribution in [2.24, 2.45) is 5.92 Å². The maximum atomic E-state index is 10.2. The third-order valence-corrected chi connectivity index (χ3v) is 4.56. The molecule has 6 heteroatoms. The fraction of sp³-hybridized carbons (Fsp3) is 0.650. The van der Waals surface area contributed by atoms with Gasteiger partial charge in [0.1, 0.15) is 0 Å². The Bertz CT molecular complexity index is 580. The summed E-state index contributed by atoms with van der Waals surface area (Å²) in [5.41, 5.74) is -0.0455. The smallest absolute Gasteiger partial charge is 0.203 e. The minimum atomic E-state index is -0.832. The first kappa shape index (κ1) is 22.1. The Morgan fingerprint density at radius 2 is 1.46 bits per heavy atom. The Hall–Kier alpha value is -1.97. The predicted molar refractivity (Wildman–Crippen MR) is 99.9 cm³/mol. The standard InChI is InChI=1S/C20H31NO5/c1-8-25-18(26-9-2)12-20(13-21,14(3)4)15-10-16(22-5)19(24-7)17(11-15)23-6/h10-11,14,18H,8-9,12H2,1-7H3. The van der Waals surface area contributed by atoms with Gasteiger partial charge < -0.3 is 23.7 Å². The fourth-order valence-electron chi connectivity index (χ4n) is 3.07. The minimum absolute atomic E-state index is 0.0127. The molecule has 0 aliphatic heterocycles. The summed E-state index contributed by atoms with van der Waals surface area (Å²) < 4.78 is 27.7. The normalized spacial score (nSPS) is 13.4. The SMILES string of the molecule is CCOC(CC(C#N)(c1cc(OC)c(OC)c(OC)c1)C(C)C)OCC. The number of nitrogens with zero attached hydrogens (tertiary/aromatic N) is 1. The highest BCUT2D eigenvalue weighted by Crippen LogP contribution is 2.45. The third kappa shape index (κ3) is 4.60. The van der Waals surface area contributed by atoms with Crippen molar-refractivity contribution in [1.29, 1.82) is 5.26 Å². The van der Waals surface area contributed by atoms with E-state index in [1.165, 1.54) is 0 Å². The van der Waals surface area contributed by atoms with Gasteiger partial charge >= 0.3 is 0 Å². The molecule has 1 unspecified atom stereocenters. The molecule has 1 aromatic rings. The van der Waals surface area contributed by atoms with E-state index in [9.17, 15) is 5.26 Å². The molecule has 0 spiro atoms. The largest absolute Gasteiger partial charge is 0.493 e. The molecule has 0 fully saturated rings. The van der Waals surface area contributed by atoms with Crippen LogP contribution in [-0.4, -0.2) is 40.8 Å². The third-order valence-electron chi connectivity index (χ3n) is 4.56. The van der Waals surface area contributed by atoms with Gasteiger partial charge in [0.2, 0.25) is 5.75 Å². The van der Waals surface area contributed by atoms with Gasteiger partial charge in [-0.15, -0.1) is 0 Å². The van der Waals surface area contributed by atoms with Crippen LogP contribution in [0.25, 0.3) is 0 Å². The maximum Gasteiger partial charge on any atom is 0.203 e. The zero-order valence-electron chi connectivity index (χ0n) is 16.9. The molecule has 0 saturated heterocycles. The van der Waals surface area contributed by atoms with Crippen LogP contribution in [0.5, 0.6) is 17.2 Å². The molecule has 0 aliphatic rings. The van der Waals surface area contributed by atoms with Gasteiger partial charge in [0, 0.05) is 19.6 Å². The summed E-state index contributed by atoms with van der Waals surface area (Å²) in [6.07, 6.45) is -0.0623. The van der Waals surface area contributed by atoms with Gasteiger partial charge in [0.15, 0.2) is 17.8 Å². The van der Waals surface area contributed by atoms with Gasteiger partial charge in [-0.3, -0.25) is 0 Å². The number of methoxy groups -OCH3 is 3. The number of rotatable bonds is 11. The summed E-state index contributed by atoms with van der Waals surface area (Å²) in [6.45, 7) is 8.88. The molecule has 0 saturated carbocycles. The number of ether oxygens (including phenoxy) is 5. The van der Waals surface area contributed by atoms with Crippen LogP contribution < -0.4 is 14.2 Å². The monoisotopic (exact) mass is 365 g/mol. The molecule has 0 amide bonds. The maximum absolute atomic E-state index is 10.2. The highest BCUT2D eigenvalue weighted by atomic mass is 16.7. The van der Waals surface area contributed by atoms with E-state index in [4.69, 9.17) is 23.7 Å². The van der Waals surface area contributed by atoms with E-state index >= 15 is 0 Å². The van der Waals surface area contributed by atoms with Crippen molar-refractivity contribution in [2.45, 2.75) is 45.8 Å². The number of benzene rings is 1. The van der Waals surface area contributed by atoms with Gasteiger partial charge in [0.05, 0.1) is 32.8 Å². The van der Waals surface area contributed by atoms with E-state index in [0.29, 0.717) is 36.9 Å². The highest BCUT2D eigenvalue weighted by molar-refractivity contribution is 5.56. The number of hydrogen-bond donors (Lipinski definition) is 0. The Morgan fingerprint density at radius 3 is 1.77 bits per heavy atom. The van der Waals surface area contributed by atoms with E-state index in [2.05, 4.69) is 6.07 Å². The second-order valence-electron chi connectivity index (χ2n) is 6.20. The minimum Gasteiger partial charge on any atom is -0.493 e. The first-order chi connectivity index (χ1) is 12.4. The second-order valence-corrected chi connectivity index (χ2v) is 6.20. The topological polar surface area (TPSA) is 69.9 Å². The zero-order valence-corrected chi connectivity index (χ0v) is 16.9. The molecule has 0 bridgehead atoms. The lowest BCUT2D eigenvalue weighted by atomic mass is 9.70. The van der Waals surface area contributed by atoms with E-state index in [-0.39, 0.29) is 5.92 Å². The summed E-state index contributed by atoms with van der Waals surface area (Å²) >= 11 is 0. The lowest BCUT2D eigenvalue weighted by Crippen LogP contribution is -2.37. The van der Waals surface area contributed by atoms with Crippen molar-refractivity contribution in [2.75, 3.05) is 34.5 Å². The molecule has 26 heavy (non-hydrogen) atoms. The van der Waals surface area contributed by atoms with Crippen LogP contribution >= 0.6 is 0 Å². The Kier molecular flexibility index (Phi) is 8.70. The van der Waals surface area contributed by atoms with Gasteiger partial charge in [-0.05, 0) is 37.5 Å². The Balaban J connectivity index is 3.51. The molecule has 146 valence electrons.